The molecule has 0 aromatic heterocycles. The van der Waals surface area contributed by atoms with E-state index in [1.807, 2.05) is 25.1 Å². The molecule has 1 aromatic carbocycles. The average molecular weight is 271 g/mol. The van der Waals surface area contributed by atoms with Crippen LogP contribution in [0.4, 0.5) is 5.69 Å². The number of halogens is 1. The number of amides is 1. The number of carbonyl (C=O) groups is 1. The number of hydrogen-bond donors (Lipinski definition) is 2. The van der Waals surface area contributed by atoms with Gasteiger partial charge >= 0.3 is 0 Å². The number of hydrogen-bond acceptors (Lipinski definition) is 2. The Labute approximate surface area is 98.2 Å². The summed E-state index contributed by atoms with van der Waals surface area (Å²) in [4.78, 5) is 11.4. The molecule has 0 saturated heterocycles. The van der Waals surface area contributed by atoms with Gasteiger partial charge in [0.15, 0.2) is 0 Å². The van der Waals surface area contributed by atoms with Gasteiger partial charge in [-0.15, -0.1) is 0 Å². The van der Waals surface area contributed by atoms with Crippen molar-refractivity contribution in [2.45, 2.75) is 19.8 Å². The first kappa shape index (κ1) is 12.2. The van der Waals surface area contributed by atoms with Crippen molar-refractivity contribution in [3.8, 4) is 0 Å². The van der Waals surface area contributed by atoms with Crippen molar-refractivity contribution in [3.63, 3.8) is 0 Å². The molecule has 0 atom stereocenters. The highest BCUT2D eigenvalue weighted by Crippen LogP contribution is 2.19. The van der Waals surface area contributed by atoms with Crippen molar-refractivity contribution in [2.24, 2.45) is 5.73 Å². The Bertz CT molecular complexity index is 332. The molecule has 0 radical (unpaired) electrons. The summed E-state index contributed by atoms with van der Waals surface area (Å²) in [7, 11) is 0. The molecule has 1 rings (SSSR count). The van der Waals surface area contributed by atoms with E-state index in [1.54, 1.807) is 0 Å². The summed E-state index contributed by atoms with van der Waals surface area (Å²) in [6.07, 6.45) is 1.20. The number of aryl methyl sites for hydroxylation is 1. The van der Waals surface area contributed by atoms with Gasteiger partial charge < -0.3 is 11.1 Å². The Kier molecular flexibility index (Phi) is 4.78. The number of anilines is 1. The molecule has 0 bridgehead atoms. The molecule has 0 fully saturated rings. The minimum atomic E-state index is 0.0120. The van der Waals surface area contributed by atoms with Crippen molar-refractivity contribution >= 4 is 27.5 Å². The fraction of sp³-hybridized carbons (Fsp3) is 0.364. The van der Waals surface area contributed by atoms with Crippen molar-refractivity contribution in [2.75, 3.05) is 11.9 Å². The summed E-state index contributed by atoms with van der Waals surface area (Å²) in [5, 5.41) is 2.83. The predicted molar refractivity (Wildman–Crippen MR) is 65.8 cm³/mol. The lowest BCUT2D eigenvalue weighted by molar-refractivity contribution is -0.116. The van der Waals surface area contributed by atoms with E-state index in [9.17, 15) is 4.79 Å². The van der Waals surface area contributed by atoms with Crippen LogP contribution in [-0.4, -0.2) is 12.5 Å². The molecule has 3 nitrogen and oxygen atoms in total. The van der Waals surface area contributed by atoms with Gasteiger partial charge in [0.25, 0.3) is 0 Å². The van der Waals surface area contributed by atoms with Crippen LogP contribution < -0.4 is 11.1 Å². The highest BCUT2D eigenvalue weighted by Gasteiger charge is 2.02. The van der Waals surface area contributed by atoms with E-state index in [4.69, 9.17) is 5.73 Å². The third kappa shape index (κ3) is 4.44. The Morgan fingerprint density at radius 3 is 2.80 bits per heavy atom. The average Bonchev–Trinajstić information content (AvgIpc) is 2.13. The zero-order valence-corrected chi connectivity index (χ0v) is 10.3. The van der Waals surface area contributed by atoms with E-state index in [-0.39, 0.29) is 5.91 Å². The van der Waals surface area contributed by atoms with Crippen LogP contribution >= 0.6 is 15.9 Å². The molecule has 1 amide bonds. The van der Waals surface area contributed by atoms with Crippen molar-refractivity contribution in [1.29, 1.82) is 0 Å². The van der Waals surface area contributed by atoms with Crippen molar-refractivity contribution in [1.82, 2.24) is 0 Å². The molecular weight excluding hydrogens is 256 g/mol. The summed E-state index contributed by atoms with van der Waals surface area (Å²) >= 11 is 3.38. The van der Waals surface area contributed by atoms with Gasteiger partial charge in [0, 0.05) is 16.6 Å². The van der Waals surface area contributed by atoms with E-state index in [1.165, 1.54) is 0 Å². The van der Waals surface area contributed by atoms with Crippen LogP contribution in [0.5, 0.6) is 0 Å². The minimum absolute atomic E-state index is 0.0120. The van der Waals surface area contributed by atoms with Gasteiger partial charge in [-0.3, -0.25) is 4.79 Å². The lowest BCUT2D eigenvalue weighted by atomic mass is 10.2. The van der Waals surface area contributed by atoms with Gasteiger partial charge in [0.1, 0.15) is 0 Å². The smallest absolute Gasteiger partial charge is 0.224 e. The van der Waals surface area contributed by atoms with Gasteiger partial charge in [-0.1, -0.05) is 15.9 Å². The van der Waals surface area contributed by atoms with E-state index in [0.29, 0.717) is 13.0 Å². The van der Waals surface area contributed by atoms with E-state index in [0.717, 1.165) is 22.1 Å². The SMILES string of the molecule is Cc1cc(Br)cc(NC(=O)CCCN)c1. The van der Waals surface area contributed by atoms with E-state index < -0.39 is 0 Å². The first-order valence-electron chi connectivity index (χ1n) is 4.89. The summed E-state index contributed by atoms with van der Waals surface area (Å²) in [5.41, 5.74) is 7.26. The highest BCUT2D eigenvalue weighted by atomic mass is 79.9. The zero-order chi connectivity index (χ0) is 11.3. The first-order valence-corrected chi connectivity index (χ1v) is 5.68. The molecule has 3 N–H and O–H groups in total. The van der Waals surface area contributed by atoms with Crippen LogP contribution in [0.25, 0.3) is 0 Å². The highest BCUT2D eigenvalue weighted by molar-refractivity contribution is 9.10. The summed E-state index contributed by atoms with van der Waals surface area (Å²) in [6, 6.07) is 5.81. The van der Waals surface area contributed by atoms with Gasteiger partial charge in [-0.2, -0.15) is 0 Å². The molecule has 4 heteroatoms. The number of rotatable bonds is 4. The Balaban J connectivity index is 2.60. The Morgan fingerprint density at radius 2 is 2.20 bits per heavy atom. The molecule has 1 aromatic rings. The maximum Gasteiger partial charge on any atom is 0.224 e. The number of carbonyl (C=O) groups excluding carboxylic acids is 1. The van der Waals surface area contributed by atoms with Crippen molar-refractivity contribution in [3.05, 3.63) is 28.2 Å². The molecule has 15 heavy (non-hydrogen) atoms. The second-order valence-electron chi connectivity index (χ2n) is 3.46. The fourth-order valence-electron chi connectivity index (χ4n) is 1.29. The van der Waals surface area contributed by atoms with Gasteiger partial charge in [-0.25, -0.2) is 0 Å². The lowest BCUT2D eigenvalue weighted by Crippen LogP contribution is -2.13. The minimum Gasteiger partial charge on any atom is -0.330 e. The lowest BCUT2D eigenvalue weighted by Gasteiger charge is -2.06. The third-order valence-corrected chi connectivity index (χ3v) is 2.39. The van der Waals surface area contributed by atoms with Crippen LogP contribution in [0.15, 0.2) is 22.7 Å². The van der Waals surface area contributed by atoms with E-state index in [2.05, 4.69) is 21.2 Å². The standard InChI is InChI=1S/C11H15BrN2O/c1-8-5-9(12)7-10(6-8)14-11(15)3-2-4-13/h5-7H,2-4,13H2,1H3,(H,14,15). The number of nitrogens with one attached hydrogen (secondary N) is 1. The zero-order valence-electron chi connectivity index (χ0n) is 8.72. The molecule has 0 unspecified atom stereocenters. The van der Waals surface area contributed by atoms with Crippen molar-refractivity contribution < 1.29 is 4.79 Å². The molecule has 0 aliphatic rings. The monoisotopic (exact) mass is 270 g/mol. The topological polar surface area (TPSA) is 55.1 Å². The van der Waals surface area contributed by atoms with Crippen LogP contribution in [0.1, 0.15) is 18.4 Å². The maximum atomic E-state index is 11.4. The summed E-state index contributed by atoms with van der Waals surface area (Å²) < 4.78 is 0.969. The quantitative estimate of drug-likeness (QED) is 0.883. The molecule has 0 saturated carbocycles. The van der Waals surface area contributed by atoms with Crippen LogP contribution in [-0.2, 0) is 4.79 Å². The third-order valence-electron chi connectivity index (χ3n) is 1.93. The number of nitrogens with two attached hydrogens (primary N) is 1. The molecule has 0 heterocycles. The van der Waals surface area contributed by atoms with Crippen LogP contribution in [0, 0.1) is 6.92 Å². The second kappa shape index (κ2) is 5.88. The Hall–Kier alpha value is -0.870. The van der Waals surface area contributed by atoms with Gasteiger partial charge in [-0.05, 0) is 43.7 Å². The Morgan fingerprint density at radius 1 is 1.47 bits per heavy atom. The molecule has 82 valence electrons. The number of benzene rings is 1. The normalized spacial score (nSPS) is 10.1. The summed E-state index contributed by atoms with van der Waals surface area (Å²) in [5.74, 6) is 0.0120. The molecule has 0 aliphatic carbocycles. The largest absolute Gasteiger partial charge is 0.330 e. The second-order valence-corrected chi connectivity index (χ2v) is 4.37. The summed E-state index contributed by atoms with van der Waals surface area (Å²) in [6.45, 7) is 2.53. The predicted octanol–water partition coefficient (Wildman–Crippen LogP) is 2.43. The molecular formula is C11H15BrN2O. The van der Waals surface area contributed by atoms with Gasteiger partial charge in [0.05, 0.1) is 0 Å². The van der Waals surface area contributed by atoms with Crippen LogP contribution in [0.2, 0.25) is 0 Å². The fourth-order valence-corrected chi connectivity index (χ4v) is 1.90. The maximum absolute atomic E-state index is 11.4. The van der Waals surface area contributed by atoms with Gasteiger partial charge in [0.2, 0.25) is 5.91 Å². The van der Waals surface area contributed by atoms with E-state index >= 15 is 0 Å². The first-order chi connectivity index (χ1) is 7.11. The molecule has 0 spiro atoms. The van der Waals surface area contributed by atoms with Crippen LogP contribution in [0.3, 0.4) is 0 Å². The molecule has 0 aliphatic heterocycles.